The zero-order valence-corrected chi connectivity index (χ0v) is 29.9. The van der Waals surface area contributed by atoms with Crippen molar-refractivity contribution >= 4 is 46.6 Å². The first-order chi connectivity index (χ1) is 24.7. The Morgan fingerprint density at radius 3 is 2.65 bits per heavy atom. The van der Waals surface area contributed by atoms with Crippen LogP contribution in [0.25, 0.3) is 22.5 Å². The van der Waals surface area contributed by atoms with Crippen LogP contribution in [0.5, 0.6) is 5.88 Å². The molecule has 3 amide bonds. The maximum absolute atomic E-state index is 13.6. The number of fused-ring (bicyclic) bond motifs is 1. The molecule has 13 nitrogen and oxygen atoms in total. The number of anilines is 1. The summed E-state index contributed by atoms with van der Waals surface area (Å²) in [6, 6.07) is 11.0. The molecule has 51 heavy (non-hydrogen) atoms. The van der Waals surface area contributed by atoms with Crippen molar-refractivity contribution in [1.29, 1.82) is 0 Å². The van der Waals surface area contributed by atoms with Crippen LogP contribution >= 0.6 is 23.2 Å². The Balaban J connectivity index is 1.06. The molecule has 2 saturated heterocycles. The standard InChI is InChI=1S/C36H39Cl2N9O4/c1-46-28-11-13-47(30(49)14-20-15-39-16-20)19-27(28)43-34(46)35(50)44-26-5-3-4-24(31(26)37)33-32(38)23(10-12-41-33)25-8-6-21(36(45-25)51-2)17-40-18-22-7-9-29(48)42-22/h3-6,8,10,12,20,22,39-40H,7,9,11,13-19H2,1-2H3,(H,42,48)(H,44,50)/t22-/m0/s1. The summed E-state index contributed by atoms with van der Waals surface area (Å²) in [4.78, 5) is 53.7. The normalized spacial score (nSPS) is 17.1. The molecule has 0 unspecified atom stereocenters. The molecular weight excluding hydrogens is 693 g/mol. The van der Waals surface area contributed by atoms with Crippen LogP contribution in [0.15, 0.2) is 42.6 Å². The number of imidazole rings is 1. The second kappa shape index (κ2) is 15.0. The number of aromatic nitrogens is 4. The van der Waals surface area contributed by atoms with Crippen LogP contribution in [0, 0.1) is 5.92 Å². The second-order valence-electron chi connectivity index (χ2n) is 13.1. The zero-order valence-electron chi connectivity index (χ0n) is 28.4. The van der Waals surface area contributed by atoms with Gasteiger partial charge in [0.1, 0.15) is 0 Å². The molecule has 6 heterocycles. The van der Waals surface area contributed by atoms with Crippen LogP contribution in [0.4, 0.5) is 5.69 Å². The number of carbonyl (C=O) groups is 3. The molecule has 0 spiro atoms. The molecule has 0 bridgehead atoms. The molecule has 7 rings (SSSR count). The first kappa shape index (κ1) is 34.9. The number of hydrogen-bond donors (Lipinski definition) is 4. The van der Waals surface area contributed by atoms with Crippen molar-refractivity contribution < 1.29 is 19.1 Å². The van der Waals surface area contributed by atoms with Crippen LogP contribution in [-0.2, 0) is 36.1 Å². The molecular formula is C36H39Cl2N9O4. The first-order valence-corrected chi connectivity index (χ1v) is 17.8. The van der Waals surface area contributed by atoms with Crippen molar-refractivity contribution in [3.63, 3.8) is 0 Å². The van der Waals surface area contributed by atoms with Crippen molar-refractivity contribution in [1.82, 2.24) is 40.4 Å². The number of methoxy groups -OCH3 is 1. The average molecular weight is 733 g/mol. The van der Waals surface area contributed by atoms with E-state index in [-0.39, 0.29) is 28.7 Å². The molecule has 4 aromatic rings. The van der Waals surface area contributed by atoms with Gasteiger partial charge in [-0.25, -0.2) is 9.97 Å². The minimum Gasteiger partial charge on any atom is -0.481 e. The van der Waals surface area contributed by atoms with E-state index in [0.717, 1.165) is 36.5 Å². The molecule has 2 fully saturated rings. The highest BCUT2D eigenvalue weighted by molar-refractivity contribution is 6.39. The summed E-state index contributed by atoms with van der Waals surface area (Å²) < 4.78 is 7.40. The number of rotatable bonds is 11. The topological polar surface area (TPSA) is 155 Å². The SMILES string of the molecule is COc1nc(-c2ccnc(-c3cccc(NC(=O)c4nc5c(n4C)CCN(C(=O)CC4CNC4)C5)c3Cl)c2Cl)ccc1CNC[C@@H]1CCC(=O)N1. The smallest absolute Gasteiger partial charge is 0.291 e. The number of nitrogens with one attached hydrogen (secondary N) is 4. The number of nitrogens with zero attached hydrogens (tertiary/aromatic N) is 5. The fourth-order valence-electron chi connectivity index (χ4n) is 6.77. The van der Waals surface area contributed by atoms with Gasteiger partial charge in [0, 0.05) is 80.6 Å². The molecule has 0 saturated carbocycles. The lowest BCUT2D eigenvalue weighted by atomic mass is 9.98. The first-order valence-electron chi connectivity index (χ1n) is 17.0. The molecule has 3 aromatic heterocycles. The predicted octanol–water partition coefficient (Wildman–Crippen LogP) is 3.97. The Morgan fingerprint density at radius 1 is 1.06 bits per heavy atom. The summed E-state index contributed by atoms with van der Waals surface area (Å²) >= 11 is 13.9. The third-order valence-electron chi connectivity index (χ3n) is 9.73. The molecule has 1 aromatic carbocycles. The van der Waals surface area contributed by atoms with E-state index in [2.05, 4.69) is 31.2 Å². The highest BCUT2D eigenvalue weighted by Crippen LogP contribution is 2.40. The number of benzene rings is 1. The van der Waals surface area contributed by atoms with Gasteiger partial charge in [-0.15, -0.1) is 0 Å². The van der Waals surface area contributed by atoms with Crippen LogP contribution in [0.1, 0.15) is 46.8 Å². The molecule has 3 aliphatic heterocycles. The quantitative estimate of drug-likeness (QED) is 0.179. The maximum Gasteiger partial charge on any atom is 0.291 e. The number of pyridine rings is 2. The number of carbonyl (C=O) groups excluding carboxylic acids is 3. The van der Waals surface area contributed by atoms with Gasteiger partial charge in [0.25, 0.3) is 5.91 Å². The van der Waals surface area contributed by atoms with Gasteiger partial charge in [0.15, 0.2) is 5.82 Å². The maximum atomic E-state index is 13.6. The van der Waals surface area contributed by atoms with Gasteiger partial charge in [-0.3, -0.25) is 19.4 Å². The van der Waals surface area contributed by atoms with Crippen molar-refractivity contribution in [2.24, 2.45) is 13.0 Å². The highest BCUT2D eigenvalue weighted by atomic mass is 35.5. The Hall–Kier alpha value is -4.56. The van der Waals surface area contributed by atoms with E-state index in [1.807, 2.05) is 24.1 Å². The number of hydrogen-bond acceptors (Lipinski definition) is 9. The van der Waals surface area contributed by atoms with Crippen molar-refractivity contribution in [2.75, 3.05) is 38.6 Å². The van der Waals surface area contributed by atoms with Crippen LogP contribution in [0.2, 0.25) is 10.0 Å². The Kier molecular flexibility index (Phi) is 10.2. The van der Waals surface area contributed by atoms with Gasteiger partial charge < -0.3 is 35.5 Å². The van der Waals surface area contributed by atoms with Gasteiger partial charge in [-0.2, -0.15) is 0 Å². The number of halogens is 2. The lowest BCUT2D eigenvalue weighted by Crippen LogP contribution is -2.46. The molecule has 4 N–H and O–H groups in total. The Morgan fingerprint density at radius 2 is 1.90 bits per heavy atom. The lowest BCUT2D eigenvalue weighted by Gasteiger charge is -2.31. The fraction of sp³-hybridized carbons (Fsp3) is 0.389. The molecule has 15 heteroatoms. The third kappa shape index (κ3) is 7.29. The molecule has 0 radical (unpaired) electrons. The monoisotopic (exact) mass is 731 g/mol. The molecule has 1 atom stereocenters. The minimum absolute atomic E-state index is 0.0826. The molecule has 3 aliphatic rings. The van der Waals surface area contributed by atoms with E-state index in [1.54, 1.807) is 42.1 Å². The number of amides is 3. The zero-order chi connectivity index (χ0) is 35.6. The van der Waals surface area contributed by atoms with Crippen molar-refractivity contribution in [2.45, 2.75) is 44.8 Å². The Bertz CT molecular complexity index is 2000. The lowest BCUT2D eigenvalue weighted by molar-refractivity contribution is -0.133. The van der Waals surface area contributed by atoms with E-state index < -0.39 is 5.91 Å². The predicted molar refractivity (Wildman–Crippen MR) is 194 cm³/mol. The minimum atomic E-state index is -0.420. The Labute approximate surface area is 305 Å². The summed E-state index contributed by atoms with van der Waals surface area (Å²) in [6.07, 6.45) is 4.15. The molecule has 266 valence electrons. The van der Waals surface area contributed by atoms with Crippen LogP contribution in [0.3, 0.4) is 0 Å². The van der Waals surface area contributed by atoms with Crippen LogP contribution in [-0.4, -0.2) is 81.5 Å². The largest absolute Gasteiger partial charge is 0.481 e. The van der Waals surface area contributed by atoms with E-state index in [0.29, 0.717) is 90.5 Å². The van der Waals surface area contributed by atoms with Gasteiger partial charge in [0.05, 0.1) is 46.5 Å². The van der Waals surface area contributed by atoms with E-state index in [4.69, 9.17) is 32.9 Å². The second-order valence-corrected chi connectivity index (χ2v) is 13.9. The summed E-state index contributed by atoms with van der Waals surface area (Å²) in [5.74, 6) is 0.859. The summed E-state index contributed by atoms with van der Waals surface area (Å²) in [5.41, 5.74) is 5.09. The third-order valence-corrected chi connectivity index (χ3v) is 10.5. The summed E-state index contributed by atoms with van der Waals surface area (Å²) in [7, 11) is 3.38. The van der Waals surface area contributed by atoms with E-state index >= 15 is 0 Å². The van der Waals surface area contributed by atoms with Crippen LogP contribution < -0.4 is 26.0 Å². The van der Waals surface area contributed by atoms with Gasteiger partial charge in [-0.05, 0) is 43.6 Å². The highest BCUT2D eigenvalue weighted by Gasteiger charge is 2.30. The molecule has 0 aliphatic carbocycles. The average Bonchev–Trinajstić information content (AvgIpc) is 3.69. The van der Waals surface area contributed by atoms with E-state index in [9.17, 15) is 14.4 Å². The van der Waals surface area contributed by atoms with E-state index in [1.165, 1.54) is 0 Å². The van der Waals surface area contributed by atoms with Gasteiger partial charge in [0.2, 0.25) is 17.7 Å². The summed E-state index contributed by atoms with van der Waals surface area (Å²) in [5, 5.41) is 13.1. The number of ether oxygens (including phenoxy) is 1. The summed E-state index contributed by atoms with van der Waals surface area (Å²) in [6.45, 7) is 3.90. The fourth-order valence-corrected chi connectivity index (χ4v) is 7.35. The van der Waals surface area contributed by atoms with Gasteiger partial charge in [-0.1, -0.05) is 41.4 Å². The van der Waals surface area contributed by atoms with Gasteiger partial charge >= 0.3 is 0 Å². The van der Waals surface area contributed by atoms with Crippen molar-refractivity contribution in [3.05, 3.63) is 75.4 Å². The van der Waals surface area contributed by atoms with Crippen molar-refractivity contribution in [3.8, 4) is 28.4 Å².